The van der Waals surface area contributed by atoms with Crippen LogP contribution in [-0.4, -0.2) is 41.2 Å². The van der Waals surface area contributed by atoms with Crippen molar-refractivity contribution in [2.45, 2.75) is 19.4 Å². The minimum atomic E-state index is -1.03. The lowest BCUT2D eigenvalue weighted by molar-refractivity contribution is -0.137. The van der Waals surface area contributed by atoms with Crippen molar-refractivity contribution >= 4 is 35.5 Å². The Bertz CT molecular complexity index is 1250. The van der Waals surface area contributed by atoms with Crippen LogP contribution in [0.3, 0.4) is 0 Å². The Hall–Kier alpha value is -4.52. The van der Waals surface area contributed by atoms with E-state index in [-0.39, 0.29) is 6.42 Å². The Labute approximate surface area is 203 Å². The van der Waals surface area contributed by atoms with E-state index >= 15 is 0 Å². The molecule has 0 aromatic heterocycles. The number of carbonyl (C=O) groups excluding carboxylic acids is 4. The summed E-state index contributed by atoms with van der Waals surface area (Å²) in [5.74, 6) is -1.88. The van der Waals surface area contributed by atoms with Gasteiger partial charge in [-0.15, -0.1) is 0 Å². The predicted molar refractivity (Wildman–Crippen MR) is 132 cm³/mol. The molecule has 3 aromatic carbocycles. The number of ether oxygens (including phenoxy) is 1. The molecule has 3 amide bonds. The number of carbonyl (C=O) groups is 4. The number of esters is 1. The lowest BCUT2D eigenvalue weighted by Gasteiger charge is -2.25. The fraction of sp³-hybridized carbons (Fsp3) is 0.143. The second kappa shape index (κ2) is 10.6. The van der Waals surface area contributed by atoms with Crippen molar-refractivity contribution in [1.29, 1.82) is 0 Å². The van der Waals surface area contributed by atoms with Crippen LogP contribution in [0.1, 0.15) is 38.8 Å². The standard InChI is InChI=1S/C28H24N2O5/c1-2-35-25(31)17-14-19-12-15-21(16-13-19)29-26(32)24(18-20-8-4-3-5-9-20)30-27(33)22-10-6-7-11-23(22)28(30)34/h3-17,24H,2,18H2,1H3,(H,29,32)/b17-14+/t24-/m0/s1. The molecule has 0 spiro atoms. The molecule has 0 saturated heterocycles. The van der Waals surface area contributed by atoms with Crippen LogP contribution in [0.25, 0.3) is 6.08 Å². The van der Waals surface area contributed by atoms with E-state index in [2.05, 4.69) is 5.32 Å². The fourth-order valence-electron chi connectivity index (χ4n) is 3.89. The summed E-state index contributed by atoms with van der Waals surface area (Å²) in [5.41, 5.74) is 2.65. The van der Waals surface area contributed by atoms with E-state index in [0.29, 0.717) is 23.4 Å². The van der Waals surface area contributed by atoms with E-state index in [4.69, 9.17) is 4.74 Å². The Morgan fingerprint density at radius 2 is 1.49 bits per heavy atom. The van der Waals surface area contributed by atoms with Crippen LogP contribution in [0, 0.1) is 0 Å². The molecular formula is C28H24N2O5. The third-order valence-electron chi connectivity index (χ3n) is 5.59. The van der Waals surface area contributed by atoms with Gasteiger partial charge < -0.3 is 10.1 Å². The monoisotopic (exact) mass is 468 g/mol. The number of amides is 3. The van der Waals surface area contributed by atoms with Crippen molar-refractivity contribution in [2.24, 2.45) is 0 Å². The summed E-state index contributed by atoms with van der Waals surface area (Å²) in [4.78, 5) is 52.1. The second-order valence-electron chi connectivity index (χ2n) is 7.93. The summed E-state index contributed by atoms with van der Waals surface area (Å²) in [5, 5.41) is 2.82. The lowest BCUT2D eigenvalue weighted by Crippen LogP contribution is -2.48. The molecule has 7 heteroatoms. The molecule has 1 aliphatic rings. The van der Waals surface area contributed by atoms with Gasteiger partial charge in [0.05, 0.1) is 17.7 Å². The van der Waals surface area contributed by atoms with Gasteiger partial charge >= 0.3 is 5.97 Å². The lowest BCUT2D eigenvalue weighted by atomic mass is 10.0. The van der Waals surface area contributed by atoms with Crippen LogP contribution >= 0.6 is 0 Å². The van der Waals surface area contributed by atoms with Crippen molar-refractivity contribution in [1.82, 2.24) is 4.90 Å². The topological polar surface area (TPSA) is 92.8 Å². The van der Waals surface area contributed by atoms with Crippen LogP contribution in [-0.2, 0) is 20.7 Å². The van der Waals surface area contributed by atoms with Crippen LogP contribution in [0.5, 0.6) is 0 Å². The van der Waals surface area contributed by atoms with Crippen LogP contribution in [0.4, 0.5) is 5.69 Å². The third kappa shape index (κ3) is 5.35. The maximum Gasteiger partial charge on any atom is 0.330 e. The summed E-state index contributed by atoms with van der Waals surface area (Å²) < 4.78 is 4.86. The Morgan fingerprint density at radius 3 is 2.09 bits per heavy atom. The van der Waals surface area contributed by atoms with Gasteiger partial charge in [0.25, 0.3) is 11.8 Å². The summed E-state index contributed by atoms with van der Waals surface area (Å²) in [7, 11) is 0. The van der Waals surface area contributed by atoms with Crippen molar-refractivity contribution < 1.29 is 23.9 Å². The Kier molecular flexibility index (Phi) is 7.16. The van der Waals surface area contributed by atoms with Crippen molar-refractivity contribution in [3.63, 3.8) is 0 Å². The molecule has 0 fully saturated rings. The summed E-state index contributed by atoms with van der Waals surface area (Å²) in [6, 6.07) is 21.6. The molecule has 0 bridgehead atoms. The van der Waals surface area contributed by atoms with E-state index in [9.17, 15) is 19.2 Å². The zero-order valence-electron chi connectivity index (χ0n) is 19.1. The van der Waals surface area contributed by atoms with Crippen molar-refractivity contribution in [3.05, 3.63) is 107 Å². The molecule has 35 heavy (non-hydrogen) atoms. The molecule has 1 N–H and O–H groups in total. The van der Waals surface area contributed by atoms with E-state index in [0.717, 1.165) is 16.0 Å². The van der Waals surface area contributed by atoms with Gasteiger partial charge in [-0.25, -0.2) is 4.79 Å². The van der Waals surface area contributed by atoms with E-state index in [1.54, 1.807) is 61.5 Å². The minimum Gasteiger partial charge on any atom is -0.463 e. The first-order chi connectivity index (χ1) is 17.0. The van der Waals surface area contributed by atoms with Crippen LogP contribution < -0.4 is 5.32 Å². The molecule has 1 aliphatic heterocycles. The zero-order chi connectivity index (χ0) is 24.8. The van der Waals surface area contributed by atoms with Crippen molar-refractivity contribution in [2.75, 3.05) is 11.9 Å². The number of anilines is 1. The summed E-state index contributed by atoms with van der Waals surface area (Å²) in [6.45, 7) is 2.03. The highest BCUT2D eigenvalue weighted by atomic mass is 16.5. The number of hydrogen-bond donors (Lipinski definition) is 1. The number of rotatable bonds is 8. The van der Waals surface area contributed by atoms with E-state index in [1.165, 1.54) is 6.08 Å². The van der Waals surface area contributed by atoms with E-state index in [1.807, 2.05) is 30.3 Å². The number of benzene rings is 3. The zero-order valence-corrected chi connectivity index (χ0v) is 19.1. The molecule has 0 unspecified atom stereocenters. The van der Waals surface area contributed by atoms with Gasteiger partial charge in [-0.3, -0.25) is 19.3 Å². The van der Waals surface area contributed by atoms with Crippen LogP contribution in [0.2, 0.25) is 0 Å². The first-order valence-corrected chi connectivity index (χ1v) is 11.2. The van der Waals surface area contributed by atoms with Gasteiger partial charge in [-0.05, 0) is 48.4 Å². The number of nitrogens with one attached hydrogen (secondary N) is 1. The van der Waals surface area contributed by atoms with Gasteiger partial charge in [0.2, 0.25) is 5.91 Å². The average molecular weight is 469 g/mol. The SMILES string of the molecule is CCOC(=O)/C=C/c1ccc(NC(=O)[C@H](Cc2ccccc2)N2C(=O)c3ccccc3C2=O)cc1. The maximum atomic E-state index is 13.4. The van der Waals surface area contributed by atoms with Gasteiger partial charge in [0, 0.05) is 18.2 Å². The van der Waals surface area contributed by atoms with Gasteiger partial charge in [-0.2, -0.15) is 0 Å². The first kappa shape index (κ1) is 23.6. The fourth-order valence-corrected chi connectivity index (χ4v) is 3.89. The number of nitrogens with zero attached hydrogens (tertiary/aromatic N) is 1. The van der Waals surface area contributed by atoms with Gasteiger partial charge in [-0.1, -0.05) is 54.6 Å². The Balaban J connectivity index is 1.55. The highest BCUT2D eigenvalue weighted by Gasteiger charge is 2.42. The van der Waals surface area contributed by atoms with Gasteiger partial charge in [0.1, 0.15) is 6.04 Å². The number of imide groups is 1. The quantitative estimate of drug-likeness (QED) is 0.305. The Morgan fingerprint density at radius 1 is 0.886 bits per heavy atom. The minimum absolute atomic E-state index is 0.179. The molecule has 3 aromatic rings. The number of hydrogen-bond acceptors (Lipinski definition) is 5. The van der Waals surface area contributed by atoms with E-state index < -0.39 is 29.7 Å². The maximum absolute atomic E-state index is 13.4. The smallest absolute Gasteiger partial charge is 0.330 e. The highest BCUT2D eigenvalue weighted by molar-refractivity contribution is 6.23. The summed E-state index contributed by atoms with van der Waals surface area (Å²) >= 11 is 0. The largest absolute Gasteiger partial charge is 0.463 e. The molecular weight excluding hydrogens is 444 g/mol. The van der Waals surface area contributed by atoms with Crippen molar-refractivity contribution in [3.8, 4) is 0 Å². The normalized spacial score (nSPS) is 13.6. The average Bonchev–Trinajstić information content (AvgIpc) is 3.13. The molecule has 0 aliphatic carbocycles. The van der Waals surface area contributed by atoms with Gasteiger partial charge in [0.15, 0.2) is 0 Å². The molecule has 1 atom stereocenters. The third-order valence-corrected chi connectivity index (χ3v) is 5.59. The molecule has 176 valence electrons. The predicted octanol–water partition coefficient (Wildman–Crippen LogP) is 4.11. The molecule has 1 heterocycles. The highest BCUT2D eigenvalue weighted by Crippen LogP contribution is 2.26. The second-order valence-corrected chi connectivity index (χ2v) is 7.93. The van der Waals surface area contributed by atoms with Crippen LogP contribution in [0.15, 0.2) is 84.9 Å². The molecule has 0 radical (unpaired) electrons. The number of fused-ring (bicyclic) bond motifs is 1. The molecule has 4 rings (SSSR count). The molecule has 0 saturated carbocycles. The summed E-state index contributed by atoms with van der Waals surface area (Å²) in [6.07, 6.45) is 3.12. The molecule has 7 nitrogen and oxygen atoms in total. The first-order valence-electron chi connectivity index (χ1n) is 11.2.